The van der Waals surface area contributed by atoms with Gasteiger partial charge < -0.3 is 10.2 Å². The number of phenols is 2. The second-order valence-electron chi connectivity index (χ2n) is 8.41. The summed E-state index contributed by atoms with van der Waals surface area (Å²) >= 11 is 0. The molecular formula is C32H22O4. The SMILES string of the molecule is O=C1C=Cc2cccc3cccc1c23.O=C1C=Cc2cccc3cccc1c23.Oc1ccc(O)cc1. The number of hydrogen-bond acceptors (Lipinski definition) is 4. The summed E-state index contributed by atoms with van der Waals surface area (Å²) in [7, 11) is 0. The molecule has 2 aliphatic carbocycles. The Balaban J connectivity index is 0.000000116. The van der Waals surface area contributed by atoms with E-state index in [1.54, 1.807) is 12.2 Å². The van der Waals surface area contributed by atoms with Crippen LogP contribution >= 0.6 is 0 Å². The summed E-state index contributed by atoms with van der Waals surface area (Å²) in [6.07, 6.45) is 7.05. The molecule has 5 aromatic rings. The van der Waals surface area contributed by atoms with Gasteiger partial charge in [-0.3, -0.25) is 9.59 Å². The molecule has 0 aliphatic heterocycles. The van der Waals surface area contributed by atoms with Gasteiger partial charge in [-0.25, -0.2) is 0 Å². The van der Waals surface area contributed by atoms with E-state index in [1.165, 1.54) is 24.3 Å². The number of allylic oxidation sites excluding steroid dienone is 2. The van der Waals surface area contributed by atoms with Crippen molar-refractivity contribution in [3.8, 4) is 11.5 Å². The van der Waals surface area contributed by atoms with Crippen LogP contribution in [0.3, 0.4) is 0 Å². The minimum atomic E-state index is 0.106. The number of carbonyl (C=O) groups is 2. The van der Waals surface area contributed by atoms with Crippen LogP contribution in [0, 0.1) is 0 Å². The Morgan fingerprint density at radius 1 is 0.417 bits per heavy atom. The summed E-state index contributed by atoms with van der Waals surface area (Å²) in [6.45, 7) is 0. The zero-order chi connectivity index (χ0) is 25.1. The largest absolute Gasteiger partial charge is 0.508 e. The number of ketones is 2. The molecule has 0 heterocycles. The molecule has 0 amide bonds. The summed E-state index contributed by atoms with van der Waals surface area (Å²) in [5.41, 5.74) is 3.91. The van der Waals surface area contributed by atoms with Gasteiger partial charge in [0.05, 0.1) is 0 Å². The molecule has 0 saturated carbocycles. The quantitative estimate of drug-likeness (QED) is 0.235. The van der Waals surface area contributed by atoms with E-state index in [4.69, 9.17) is 10.2 Å². The molecule has 36 heavy (non-hydrogen) atoms. The average molecular weight is 471 g/mol. The van der Waals surface area contributed by atoms with Gasteiger partial charge in [0.25, 0.3) is 0 Å². The zero-order valence-corrected chi connectivity index (χ0v) is 19.3. The van der Waals surface area contributed by atoms with Crippen molar-refractivity contribution in [2.45, 2.75) is 0 Å². The fraction of sp³-hybridized carbons (Fsp3) is 0. The summed E-state index contributed by atoms with van der Waals surface area (Å²) in [5, 5.41) is 21.7. The van der Waals surface area contributed by atoms with Gasteiger partial charge in [0.2, 0.25) is 0 Å². The van der Waals surface area contributed by atoms with Crippen molar-refractivity contribution in [3.63, 3.8) is 0 Å². The highest BCUT2D eigenvalue weighted by Gasteiger charge is 2.14. The van der Waals surface area contributed by atoms with Gasteiger partial charge in [0.15, 0.2) is 11.6 Å². The molecule has 174 valence electrons. The third-order valence-electron chi connectivity index (χ3n) is 6.08. The second-order valence-corrected chi connectivity index (χ2v) is 8.41. The molecule has 0 atom stereocenters. The Morgan fingerprint density at radius 2 is 0.778 bits per heavy atom. The van der Waals surface area contributed by atoms with E-state index in [2.05, 4.69) is 0 Å². The van der Waals surface area contributed by atoms with Gasteiger partial charge in [-0.05, 0) is 58.3 Å². The fourth-order valence-corrected chi connectivity index (χ4v) is 4.39. The van der Waals surface area contributed by atoms with Crippen molar-refractivity contribution < 1.29 is 19.8 Å². The summed E-state index contributed by atoms with van der Waals surface area (Å²) < 4.78 is 0. The van der Waals surface area contributed by atoms with E-state index < -0.39 is 0 Å². The maximum atomic E-state index is 11.6. The van der Waals surface area contributed by atoms with Crippen molar-refractivity contribution in [1.29, 1.82) is 0 Å². The molecule has 0 aromatic heterocycles. The topological polar surface area (TPSA) is 74.6 Å². The summed E-state index contributed by atoms with van der Waals surface area (Å²) in [6, 6.07) is 29.6. The highest BCUT2D eigenvalue weighted by molar-refractivity contribution is 6.20. The molecule has 2 N–H and O–H groups in total. The molecule has 0 fully saturated rings. The highest BCUT2D eigenvalue weighted by Crippen LogP contribution is 2.29. The lowest BCUT2D eigenvalue weighted by Crippen LogP contribution is -2.00. The van der Waals surface area contributed by atoms with Crippen molar-refractivity contribution >= 4 is 45.3 Å². The highest BCUT2D eigenvalue weighted by atomic mass is 16.3. The molecule has 7 rings (SSSR count). The van der Waals surface area contributed by atoms with Crippen LogP contribution in [0.25, 0.3) is 33.7 Å². The zero-order valence-electron chi connectivity index (χ0n) is 19.3. The van der Waals surface area contributed by atoms with Gasteiger partial charge >= 0.3 is 0 Å². The number of carbonyl (C=O) groups excluding carboxylic acids is 2. The van der Waals surface area contributed by atoms with Gasteiger partial charge in [-0.15, -0.1) is 0 Å². The summed E-state index contributed by atoms with van der Waals surface area (Å²) in [5.74, 6) is 0.550. The first-order chi connectivity index (χ1) is 17.5. The smallest absolute Gasteiger partial charge is 0.186 e. The van der Waals surface area contributed by atoms with Crippen molar-refractivity contribution in [3.05, 3.63) is 131 Å². The van der Waals surface area contributed by atoms with Gasteiger partial charge in [-0.1, -0.05) is 84.9 Å². The van der Waals surface area contributed by atoms with Crippen LogP contribution in [0.4, 0.5) is 0 Å². The standard InChI is InChI=1S/2C13H8O.C6H6O2/c2*14-12-8-7-10-4-1-3-9-5-2-6-11(12)13(9)10;7-5-1-2-6(8)4-3-5/h2*1-8H;1-4,7-8H. The van der Waals surface area contributed by atoms with Crippen LogP contribution in [0.2, 0.25) is 0 Å². The van der Waals surface area contributed by atoms with E-state index in [0.717, 1.165) is 43.8 Å². The Morgan fingerprint density at radius 3 is 1.17 bits per heavy atom. The molecule has 0 saturated heterocycles. The minimum Gasteiger partial charge on any atom is -0.508 e. The van der Waals surface area contributed by atoms with Crippen LogP contribution in [-0.2, 0) is 0 Å². The number of aromatic hydroxyl groups is 2. The number of benzene rings is 5. The first-order valence-corrected chi connectivity index (χ1v) is 11.5. The Kier molecular flexibility index (Phi) is 6.16. The normalized spacial score (nSPS) is 12.6. The Labute approximate surface area is 208 Å². The average Bonchev–Trinajstić information content (AvgIpc) is 2.91. The van der Waals surface area contributed by atoms with Crippen molar-refractivity contribution in [2.75, 3.05) is 0 Å². The summed E-state index contributed by atoms with van der Waals surface area (Å²) in [4.78, 5) is 23.2. The molecule has 0 radical (unpaired) electrons. The number of rotatable bonds is 0. The maximum absolute atomic E-state index is 11.6. The predicted molar refractivity (Wildman–Crippen MR) is 144 cm³/mol. The number of phenolic OH excluding ortho intramolecular Hbond substituents is 2. The molecular weight excluding hydrogens is 448 g/mol. The molecule has 4 heteroatoms. The fourth-order valence-electron chi connectivity index (χ4n) is 4.39. The Bertz CT molecular complexity index is 1540. The van der Waals surface area contributed by atoms with E-state index >= 15 is 0 Å². The van der Waals surface area contributed by atoms with E-state index in [-0.39, 0.29) is 23.1 Å². The molecule has 0 unspecified atom stereocenters. The van der Waals surface area contributed by atoms with Crippen LogP contribution < -0.4 is 0 Å². The molecule has 4 nitrogen and oxygen atoms in total. The van der Waals surface area contributed by atoms with Crippen LogP contribution in [0.1, 0.15) is 31.8 Å². The van der Waals surface area contributed by atoms with E-state index in [1.807, 2.05) is 84.9 Å². The van der Waals surface area contributed by atoms with Crippen molar-refractivity contribution in [1.82, 2.24) is 0 Å². The molecule has 0 spiro atoms. The van der Waals surface area contributed by atoms with Gasteiger partial charge in [0.1, 0.15) is 11.5 Å². The lowest BCUT2D eigenvalue weighted by molar-refractivity contribution is 0.104. The maximum Gasteiger partial charge on any atom is 0.186 e. The van der Waals surface area contributed by atoms with Crippen LogP contribution in [0.5, 0.6) is 11.5 Å². The molecule has 5 aromatic carbocycles. The van der Waals surface area contributed by atoms with E-state index in [0.29, 0.717) is 0 Å². The predicted octanol–water partition coefficient (Wildman–Crippen LogP) is 7.20. The van der Waals surface area contributed by atoms with Crippen molar-refractivity contribution in [2.24, 2.45) is 0 Å². The Hall–Kier alpha value is -4.96. The van der Waals surface area contributed by atoms with E-state index in [9.17, 15) is 9.59 Å². The second kappa shape index (κ2) is 9.72. The van der Waals surface area contributed by atoms with Crippen LogP contribution in [-0.4, -0.2) is 21.8 Å². The first-order valence-electron chi connectivity index (χ1n) is 11.5. The lowest BCUT2D eigenvalue weighted by atomic mass is 9.92. The first kappa shape index (κ1) is 22.8. The van der Waals surface area contributed by atoms with Gasteiger partial charge in [0, 0.05) is 21.9 Å². The molecule has 0 bridgehead atoms. The third-order valence-corrected chi connectivity index (χ3v) is 6.08. The third kappa shape index (κ3) is 4.52. The minimum absolute atomic E-state index is 0.106. The van der Waals surface area contributed by atoms with Gasteiger partial charge in [-0.2, -0.15) is 0 Å². The number of hydrogen-bond donors (Lipinski definition) is 2. The van der Waals surface area contributed by atoms with Crippen LogP contribution in [0.15, 0.2) is 109 Å². The molecule has 2 aliphatic rings. The lowest BCUT2D eigenvalue weighted by Gasteiger charge is -2.10. The monoisotopic (exact) mass is 470 g/mol.